The van der Waals surface area contributed by atoms with E-state index in [0.29, 0.717) is 11.5 Å². The second-order valence-electron chi connectivity index (χ2n) is 5.84. The van der Waals surface area contributed by atoms with E-state index in [9.17, 15) is 4.79 Å². The fourth-order valence-corrected chi connectivity index (χ4v) is 2.50. The zero-order chi connectivity index (χ0) is 16.4. The largest absolute Gasteiger partial charge is 0.322 e. The van der Waals surface area contributed by atoms with Gasteiger partial charge in [0.2, 0.25) is 0 Å². The van der Waals surface area contributed by atoms with Gasteiger partial charge in [0.25, 0.3) is 5.91 Å². The Morgan fingerprint density at radius 1 is 1.17 bits per heavy atom. The van der Waals surface area contributed by atoms with Crippen LogP contribution in [0.5, 0.6) is 0 Å². The number of hydrogen-bond donors (Lipinski definition) is 1. The molecule has 0 radical (unpaired) electrons. The van der Waals surface area contributed by atoms with E-state index in [1.807, 2.05) is 41.9 Å². The SMILES string of the molecule is CCn1nnc2cc(C(=O)Nc3ccc(C(C)C)cc3)ccc21. The van der Waals surface area contributed by atoms with E-state index in [2.05, 4.69) is 29.5 Å². The third kappa shape index (κ3) is 3.08. The summed E-state index contributed by atoms with van der Waals surface area (Å²) in [6, 6.07) is 13.4. The van der Waals surface area contributed by atoms with Crippen LogP contribution in [0.15, 0.2) is 42.5 Å². The second-order valence-corrected chi connectivity index (χ2v) is 5.84. The number of nitrogens with zero attached hydrogens (tertiary/aromatic N) is 3. The summed E-state index contributed by atoms with van der Waals surface area (Å²) < 4.78 is 1.81. The molecule has 1 amide bonds. The number of amides is 1. The number of hydrogen-bond acceptors (Lipinski definition) is 3. The Balaban J connectivity index is 1.80. The lowest BCUT2D eigenvalue weighted by molar-refractivity contribution is 0.102. The van der Waals surface area contributed by atoms with Crippen molar-refractivity contribution in [2.24, 2.45) is 0 Å². The van der Waals surface area contributed by atoms with E-state index < -0.39 is 0 Å². The van der Waals surface area contributed by atoms with Crippen LogP contribution in [0.4, 0.5) is 5.69 Å². The van der Waals surface area contributed by atoms with Gasteiger partial charge >= 0.3 is 0 Å². The molecule has 5 nitrogen and oxygen atoms in total. The van der Waals surface area contributed by atoms with Gasteiger partial charge in [0.05, 0.1) is 5.52 Å². The van der Waals surface area contributed by atoms with Crippen LogP contribution in [0.25, 0.3) is 11.0 Å². The molecule has 0 bridgehead atoms. The summed E-state index contributed by atoms with van der Waals surface area (Å²) in [5.41, 5.74) is 4.28. The van der Waals surface area contributed by atoms with Crippen LogP contribution in [0.2, 0.25) is 0 Å². The highest BCUT2D eigenvalue weighted by molar-refractivity contribution is 6.05. The zero-order valence-corrected chi connectivity index (χ0v) is 13.6. The molecule has 118 valence electrons. The molecular formula is C18H20N4O. The Morgan fingerprint density at radius 2 is 1.91 bits per heavy atom. The van der Waals surface area contributed by atoms with E-state index >= 15 is 0 Å². The first-order chi connectivity index (χ1) is 11.1. The summed E-state index contributed by atoms with van der Waals surface area (Å²) in [6.45, 7) is 7.05. The Bertz CT molecular complexity index is 834. The van der Waals surface area contributed by atoms with Crippen molar-refractivity contribution < 1.29 is 4.79 Å². The van der Waals surface area contributed by atoms with Crippen molar-refractivity contribution in [1.29, 1.82) is 0 Å². The minimum Gasteiger partial charge on any atom is -0.322 e. The Kier molecular flexibility index (Phi) is 4.10. The number of aryl methyl sites for hydroxylation is 1. The first-order valence-corrected chi connectivity index (χ1v) is 7.83. The molecule has 1 aromatic heterocycles. The molecule has 2 aromatic carbocycles. The predicted octanol–water partition coefficient (Wildman–Crippen LogP) is 3.83. The predicted molar refractivity (Wildman–Crippen MR) is 91.7 cm³/mol. The molecule has 0 aliphatic rings. The third-order valence-corrected chi connectivity index (χ3v) is 3.91. The Labute approximate surface area is 135 Å². The Hall–Kier alpha value is -2.69. The molecule has 1 N–H and O–H groups in total. The lowest BCUT2D eigenvalue weighted by Crippen LogP contribution is -2.11. The highest BCUT2D eigenvalue weighted by Crippen LogP contribution is 2.19. The zero-order valence-electron chi connectivity index (χ0n) is 13.6. The molecule has 0 unspecified atom stereocenters. The molecule has 5 heteroatoms. The van der Waals surface area contributed by atoms with Gasteiger partial charge in [-0.3, -0.25) is 4.79 Å². The third-order valence-electron chi connectivity index (χ3n) is 3.91. The quantitative estimate of drug-likeness (QED) is 0.797. The number of carbonyl (C=O) groups excluding carboxylic acids is 1. The average molecular weight is 308 g/mol. The topological polar surface area (TPSA) is 59.8 Å². The van der Waals surface area contributed by atoms with Crippen LogP contribution in [-0.4, -0.2) is 20.9 Å². The van der Waals surface area contributed by atoms with Crippen LogP contribution in [0.1, 0.15) is 42.6 Å². The van der Waals surface area contributed by atoms with Gasteiger partial charge in [-0.2, -0.15) is 0 Å². The molecule has 0 aliphatic carbocycles. The van der Waals surface area contributed by atoms with Crippen LogP contribution in [0, 0.1) is 0 Å². The van der Waals surface area contributed by atoms with E-state index in [-0.39, 0.29) is 5.91 Å². The smallest absolute Gasteiger partial charge is 0.255 e. The monoisotopic (exact) mass is 308 g/mol. The van der Waals surface area contributed by atoms with Gasteiger partial charge in [-0.1, -0.05) is 31.2 Å². The number of anilines is 1. The summed E-state index contributed by atoms with van der Waals surface area (Å²) in [6.07, 6.45) is 0. The van der Waals surface area contributed by atoms with Crippen molar-refractivity contribution in [3.63, 3.8) is 0 Å². The van der Waals surface area contributed by atoms with Crippen molar-refractivity contribution in [3.05, 3.63) is 53.6 Å². The van der Waals surface area contributed by atoms with Gasteiger partial charge in [-0.25, -0.2) is 4.68 Å². The number of fused-ring (bicyclic) bond motifs is 1. The van der Waals surface area contributed by atoms with Crippen molar-refractivity contribution in [2.75, 3.05) is 5.32 Å². The van der Waals surface area contributed by atoms with E-state index in [0.717, 1.165) is 23.3 Å². The maximum atomic E-state index is 12.4. The summed E-state index contributed by atoms with van der Waals surface area (Å²) in [7, 11) is 0. The molecule has 0 aliphatic heterocycles. The van der Waals surface area contributed by atoms with Crippen molar-refractivity contribution in [2.45, 2.75) is 33.2 Å². The fourth-order valence-electron chi connectivity index (χ4n) is 2.50. The van der Waals surface area contributed by atoms with Gasteiger partial charge in [0.15, 0.2) is 0 Å². The molecule has 3 rings (SSSR count). The van der Waals surface area contributed by atoms with Crippen molar-refractivity contribution in [3.8, 4) is 0 Å². The first kappa shape index (κ1) is 15.2. The molecule has 0 saturated carbocycles. The van der Waals surface area contributed by atoms with Crippen molar-refractivity contribution >= 4 is 22.6 Å². The molecule has 0 fully saturated rings. The van der Waals surface area contributed by atoms with Crippen LogP contribution < -0.4 is 5.32 Å². The maximum absolute atomic E-state index is 12.4. The molecule has 0 spiro atoms. The van der Waals surface area contributed by atoms with Gasteiger partial charge in [0.1, 0.15) is 5.52 Å². The van der Waals surface area contributed by atoms with E-state index in [1.165, 1.54) is 5.56 Å². The van der Waals surface area contributed by atoms with E-state index in [1.54, 1.807) is 12.1 Å². The molecule has 0 atom stereocenters. The minimum atomic E-state index is -0.143. The van der Waals surface area contributed by atoms with Crippen LogP contribution >= 0.6 is 0 Å². The maximum Gasteiger partial charge on any atom is 0.255 e. The number of rotatable bonds is 4. The molecule has 23 heavy (non-hydrogen) atoms. The van der Waals surface area contributed by atoms with E-state index in [4.69, 9.17) is 0 Å². The lowest BCUT2D eigenvalue weighted by atomic mass is 10.0. The van der Waals surface area contributed by atoms with Crippen molar-refractivity contribution in [1.82, 2.24) is 15.0 Å². The molecular weight excluding hydrogens is 288 g/mol. The number of nitrogens with one attached hydrogen (secondary N) is 1. The van der Waals surface area contributed by atoms with Crippen LogP contribution in [-0.2, 0) is 6.54 Å². The number of benzene rings is 2. The molecule has 0 saturated heterocycles. The standard InChI is InChI=1S/C18H20N4O/c1-4-22-17-10-7-14(11-16(17)20-21-22)18(23)19-15-8-5-13(6-9-15)12(2)3/h5-12H,4H2,1-3H3,(H,19,23). The molecule has 1 heterocycles. The Morgan fingerprint density at radius 3 is 2.57 bits per heavy atom. The van der Waals surface area contributed by atoms with Gasteiger partial charge in [-0.15, -0.1) is 5.10 Å². The highest BCUT2D eigenvalue weighted by atomic mass is 16.1. The summed E-state index contributed by atoms with van der Waals surface area (Å²) in [4.78, 5) is 12.4. The lowest BCUT2D eigenvalue weighted by Gasteiger charge is -2.08. The van der Waals surface area contributed by atoms with Gasteiger partial charge in [0, 0.05) is 17.8 Å². The number of aromatic nitrogens is 3. The number of carbonyl (C=O) groups is 1. The average Bonchev–Trinajstić information content (AvgIpc) is 2.97. The summed E-state index contributed by atoms with van der Waals surface area (Å²) in [5.74, 6) is 0.332. The summed E-state index contributed by atoms with van der Waals surface area (Å²) >= 11 is 0. The summed E-state index contributed by atoms with van der Waals surface area (Å²) in [5, 5.41) is 11.1. The molecule has 3 aromatic rings. The normalized spacial score (nSPS) is 11.1. The van der Waals surface area contributed by atoms with Crippen LogP contribution in [0.3, 0.4) is 0 Å². The highest BCUT2D eigenvalue weighted by Gasteiger charge is 2.10. The van der Waals surface area contributed by atoms with Gasteiger partial charge < -0.3 is 5.32 Å². The second kappa shape index (κ2) is 6.20. The first-order valence-electron chi connectivity index (χ1n) is 7.83. The van der Waals surface area contributed by atoms with Gasteiger partial charge in [-0.05, 0) is 48.7 Å². The fraction of sp³-hybridized carbons (Fsp3) is 0.278. The minimum absolute atomic E-state index is 0.143.